The minimum absolute atomic E-state index is 0.0337. The number of aryl methyl sites for hydroxylation is 1. The smallest absolute Gasteiger partial charge is 0.112 e. The predicted octanol–water partition coefficient (Wildman–Crippen LogP) is 8.33. The zero-order valence-electron chi connectivity index (χ0n) is 21.9. The number of para-hydroxylation sites is 1. The van der Waals surface area contributed by atoms with Gasteiger partial charge in [-0.1, -0.05) is 106 Å². The van der Waals surface area contributed by atoms with Crippen molar-refractivity contribution in [1.29, 1.82) is 0 Å². The average Bonchev–Trinajstić information content (AvgIpc) is 3.55. The summed E-state index contributed by atoms with van der Waals surface area (Å²) in [6.45, 7) is 11.9. The molecule has 2 atom stereocenters. The molecule has 0 aromatic heterocycles. The lowest BCUT2D eigenvalue weighted by molar-refractivity contribution is 0.0542. The zero-order valence-corrected chi connectivity index (χ0v) is 21.9. The number of nitrogens with zero attached hydrogens (tertiary/aromatic N) is 2. The third-order valence-corrected chi connectivity index (χ3v) is 8.72. The molecule has 2 aliphatic heterocycles. The van der Waals surface area contributed by atoms with Gasteiger partial charge in [0.1, 0.15) is 6.17 Å². The largest absolute Gasteiger partial charge is 0.334 e. The molecule has 1 aliphatic carbocycles. The molecule has 6 rings (SSSR count). The second-order valence-corrected chi connectivity index (χ2v) is 11.9. The van der Waals surface area contributed by atoms with Crippen LogP contribution >= 0.6 is 0 Å². The normalized spacial score (nSPS) is 24.3. The number of anilines is 1. The molecule has 0 amide bonds. The fraction of sp³-hybridized carbons (Fsp3) is 0.394. The fourth-order valence-electron chi connectivity index (χ4n) is 7.46. The van der Waals surface area contributed by atoms with Gasteiger partial charge in [-0.3, -0.25) is 0 Å². The van der Waals surface area contributed by atoms with Gasteiger partial charge in [-0.15, -0.1) is 0 Å². The van der Waals surface area contributed by atoms with Crippen molar-refractivity contribution in [2.24, 2.45) is 11.3 Å². The lowest BCUT2D eigenvalue weighted by Crippen LogP contribution is -2.58. The highest BCUT2D eigenvalue weighted by Gasteiger charge is 2.61. The van der Waals surface area contributed by atoms with Crippen LogP contribution in [-0.4, -0.2) is 11.1 Å². The Labute approximate surface area is 211 Å². The number of hydrogen-bond acceptors (Lipinski definition) is 2. The second kappa shape index (κ2) is 8.01. The Morgan fingerprint density at radius 3 is 2.09 bits per heavy atom. The third kappa shape index (κ3) is 3.08. The molecule has 2 heteroatoms. The van der Waals surface area contributed by atoms with Crippen molar-refractivity contribution in [3.63, 3.8) is 0 Å². The summed E-state index contributed by atoms with van der Waals surface area (Å²) in [6.07, 6.45) is 5.44. The molecule has 0 bridgehead atoms. The highest BCUT2D eigenvalue weighted by atomic mass is 15.5. The van der Waals surface area contributed by atoms with Crippen LogP contribution in [0.5, 0.6) is 0 Å². The summed E-state index contributed by atoms with van der Waals surface area (Å²) in [5.41, 5.74) is 9.73. The number of hydrogen-bond donors (Lipinski definition) is 0. The summed E-state index contributed by atoms with van der Waals surface area (Å²) in [5, 5.41) is 0. The van der Waals surface area contributed by atoms with Gasteiger partial charge in [-0.25, -0.2) is 0 Å². The maximum Gasteiger partial charge on any atom is 0.112 e. The molecule has 0 saturated heterocycles. The van der Waals surface area contributed by atoms with E-state index < -0.39 is 0 Å². The molecular weight excluding hydrogens is 424 g/mol. The highest BCUT2D eigenvalue weighted by Crippen LogP contribution is 2.63. The van der Waals surface area contributed by atoms with Crippen LogP contribution in [0.3, 0.4) is 0 Å². The Bertz CT molecular complexity index is 1280. The number of benzene rings is 3. The van der Waals surface area contributed by atoms with Gasteiger partial charge in [0, 0.05) is 22.4 Å². The van der Waals surface area contributed by atoms with Crippen molar-refractivity contribution in [2.75, 3.05) is 4.90 Å². The third-order valence-electron chi connectivity index (χ3n) is 8.72. The number of allylic oxidation sites excluding steroid dienone is 1. The van der Waals surface area contributed by atoms with Crippen LogP contribution in [0.4, 0.5) is 5.69 Å². The highest BCUT2D eigenvalue weighted by molar-refractivity contribution is 5.84. The van der Waals surface area contributed by atoms with Crippen molar-refractivity contribution in [2.45, 2.75) is 72.0 Å². The molecule has 3 aromatic carbocycles. The first-order valence-electron chi connectivity index (χ1n) is 13.4. The van der Waals surface area contributed by atoms with Gasteiger partial charge in [0.05, 0.1) is 11.2 Å². The Hall–Kier alpha value is -3.00. The van der Waals surface area contributed by atoms with E-state index in [2.05, 4.69) is 123 Å². The molecule has 2 unspecified atom stereocenters. The minimum atomic E-state index is -0.152. The first kappa shape index (κ1) is 22.5. The van der Waals surface area contributed by atoms with Gasteiger partial charge < -0.3 is 9.80 Å². The van der Waals surface area contributed by atoms with Gasteiger partial charge in [-0.2, -0.15) is 0 Å². The molecule has 0 spiro atoms. The van der Waals surface area contributed by atoms with Gasteiger partial charge in [0.25, 0.3) is 0 Å². The number of rotatable bonds is 3. The molecule has 3 aromatic rings. The Kier molecular flexibility index (Phi) is 5.14. The lowest BCUT2D eigenvalue weighted by Gasteiger charge is -2.52. The van der Waals surface area contributed by atoms with Gasteiger partial charge in [-0.05, 0) is 55.4 Å². The van der Waals surface area contributed by atoms with E-state index in [9.17, 15) is 0 Å². The molecule has 180 valence electrons. The standard InChI is InChI=1S/C33H38N2/c1-23-15-9-14-22-29(23)34-24(2)30-27-20-12-13-21-28(27)33(26-18-10-11-19-26,25-16-7-6-8-17-25)35(30)31(34)32(3,4)5/h6-9,12-17,20-22,26,31H,10-11,18-19H2,1-5H3. The van der Waals surface area contributed by atoms with E-state index in [0.717, 1.165) is 0 Å². The molecule has 1 fully saturated rings. The predicted molar refractivity (Wildman–Crippen MR) is 147 cm³/mol. The zero-order chi connectivity index (χ0) is 24.4. The van der Waals surface area contributed by atoms with Gasteiger partial charge in [0.2, 0.25) is 0 Å². The topological polar surface area (TPSA) is 6.48 Å². The monoisotopic (exact) mass is 462 g/mol. The molecular formula is C33H38N2. The summed E-state index contributed by atoms with van der Waals surface area (Å²) < 4.78 is 0. The molecule has 0 N–H and O–H groups in total. The SMILES string of the molecule is CC1=C2c3ccccc3C(c3ccccc3)(C3CCCC3)N2C(C(C)(C)C)N1c1ccccc1C. The van der Waals surface area contributed by atoms with E-state index in [1.54, 1.807) is 0 Å². The van der Waals surface area contributed by atoms with Crippen LogP contribution in [0.15, 0.2) is 84.6 Å². The van der Waals surface area contributed by atoms with E-state index in [1.807, 2.05) is 0 Å². The maximum absolute atomic E-state index is 2.88. The molecule has 2 heterocycles. The van der Waals surface area contributed by atoms with Crippen molar-refractivity contribution in [1.82, 2.24) is 4.90 Å². The van der Waals surface area contributed by atoms with E-state index in [0.29, 0.717) is 5.92 Å². The Morgan fingerprint density at radius 1 is 0.771 bits per heavy atom. The van der Waals surface area contributed by atoms with Crippen LogP contribution in [-0.2, 0) is 5.54 Å². The Morgan fingerprint density at radius 2 is 1.40 bits per heavy atom. The molecule has 3 aliphatic rings. The molecule has 0 radical (unpaired) electrons. The minimum Gasteiger partial charge on any atom is -0.334 e. The van der Waals surface area contributed by atoms with Crippen molar-refractivity contribution in [3.05, 3.63) is 107 Å². The maximum atomic E-state index is 2.88. The van der Waals surface area contributed by atoms with Crippen molar-refractivity contribution in [3.8, 4) is 0 Å². The van der Waals surface area contributed by atoms with Gasteiger partial charge in [0.15, 0.2) is 0 Å². The van der Waals surface area contributed by atoms with E-state index >= 15 is 0 Å². The van der Waals surface area contributed by atoms with Gasteiger partial charge >= 0.3 is 0 Å². The summed E-state index contributed by atoms with van der Waals surface area (Å²) in [5.74, 6) is 0.595. The van der Waals surface area contributed by atoms with Crippen LogP contribution < -0.4 is 4.90 Å². The van der Waals surface area contributed by atoms with E-state index in [4.69, 9.17) is 0 Å². The first-order valence-corrected chi connectivity index (χ1v) is 13.4. The summed E-state index contributed by atoms with van der Waals surface area (Å²) in [7, 11) is 0. The van der Waals surface area contributed by atoms with Crippen molar-refractivity contribution >= 4 is 11.4 Å². The van der Waals surface area contributed by atoms with Crippen LogP contribution in [0.2, 0.25) is 0 Å². The van der Waals surface area contributed by atoms with Crippen molar-refractivity contribution < 1.29 is 0 Å². The lowest BCUT2D eigenvalue weighted by atomic mass is 9.71. The van der Waals surface area contributed by atoms with E-state index in [-0.39, 0.29) is 17.1 Å². The molecule has 2 nitrogen and oxygen atoms in total. The number of fused-ring (bicyclic) bond motifs is 3. The second-order valence-electron chi connectivity index (χ2n) is 11.9. The Balaban J connectivity index is 1.71. The summed E-state index contributed by atoms with van der Waals surface area (Å²) in [4.78, 5) is 5.54. The van der Waals surface area contributed by atoms with Crippen LogP contribution in [0.1, 0.15) is 75.6 Å². The quantitative estimate of drug-likeness (QED) is 0.386. The fourth-order valence-corrected chi connectivity index (χ4v) is 7.46. The molecule has 35 heavy (non-hydrogen) atoms. The van der Waals surface area contributed by atoms with E-state index in [1.165, 1.54) is 65.0 Å². The van der Waals surface area contributed by atoms with Crippen LogP contribution in [0, 0.1) is 18.3 Å². The summed E-state index contributed by atoms with van der Waals surface area (Å²) >= 11 is 0. The molecule has 1 saturated carbocycles. The summed E-state index contributed by atoms with van der Waals surface area (Å²) in [6, 6.07) is 29.6. The first-order chi connectivity index (χ1) is 16.9. The average molecular weight is 463 g/mol. The van der Waals surface area contributed by atoms with Crippen LogP contribution in [0.25, 0.3) is 5.70 Å².